The Labute approximate surface area is 164 Å². The molecule has 5 rings (SSSR count). The third-order valence-electron chi connectivity index (χ3n) is 5.77. The van der Waals surface area contributed by atoms with Crippen molar-refractivity contribution in [1.82, 2.24) is 4.98 Å². The maximum atomic E-state index is 6.36. The first-order valence-corrected chi connectivity index (χ1v) is 9.74. The van der Waals surface area contributed by atoms with Crippen molar-refractivity contribution in [2.24, 2.45) is 7.05 Å². The highest BCUT2D eigenvalue weighted by molar-refractivity contribution is 6.22. The second kappa shape index (κ2) is 6.16. The Bertz CT molecular complexity index is 1360. The number of pyridine rings is 2. The summed E-state index contributed by atoms with van der Waals surface area (Å²) in [6, 6.07) is 17.2. The summed E-state index contributed by atoms with van der Waals surface area (Å²) in [5.41, 5.74) is 6.48. The molecular weight excluding hydrogens is 344 g/mol. The molecule has 0 saturated carbocycles. The molecule has 138 valence electrons. The van der Waals surface area contributed by atoms with Crippen LogP contribution in [0.2, 0.25) is 0 Å². The number of hydrogen-bond acceptors (Lipinski definition) is 2. The average Bonchev–Trinajstić information content (AvgIpc) is 3.08. The van der Waals surface area contributed by atoms with Gasteiger partial charge in [-0.2, -0.15) is 0 Å². The highest BCUT2D eigenvalue weighted by atomic mass is 16.3. The number of hydrogen-bond donors (Lipinski definition) is 0. The van der Waals surface area contributed by atoms with Crippen molar-refractivity contribution in [3.05, 3.63) is 72.1 Å². The minimum absolute atomic E-state index is 0.466. The number of furan rings is 1. The van der Waals surface area contributed by atoms with Crippen molar-refractivity contribution in [1.29, 1.82) is 0 Å². The maximum absolute atomic E-state index is 6.36. The molecule has 0 aliphatic carbocycles. The molecule has 3 heterocycles. The molecule has 28 heavy (non-hydrogen) atoms. The molecule has 3 heteroatoms. The van der Waals surface area contributed by atoms with Gasteiger partial charge in [0.2, 0.25) is 11.4 Å². The first-order valence-electron chi connectivity index (χ1n) is 9.74. The highest BCUT2D eigenvalue weighted by Crippen LogP contribution is 2.42. The molecule has 0 bridgehead atoms. The molecule has 0 N–H and O–H groups in total. The summed E-state index contributed by atoms with van der Waals surface area (Å²) in [4.78, 5) is 4.48. The zero-order valence-electron chi connectivity index (χ0n) is 16.7. The van der Waals surface area contributed by atoms with E-state index in [-0.39, 0.29) is 0 Å². The number of nitrogens with zero attached hydrogens (tertiary/aromatic N) is 2. The zero-order chi connectivity index (χ0) is 19.4. The van der Waals surface area contributed by atoms with Crippen LogP contribution in [0.4, 0.5) is 0 Å². The lowest BCUT2D eigenvalue weighted by Crippen LogP contribution is -2.31. The van der Waals surface area contributed by atoms with Gasteiger partial charge >= 0.3 is 0 Å². The van der Waals surface area contributed by atoms with Gasteiger partial charge in [-0.25, -0.2) is 9.55 Å². The fourth-order valence-electron chi connectivity index (χ4n) is 4.21. The van der Waals surface area contributed by atoms with Gasteiger partial charge in [-0.1, -0.05) is 38.1 Å². The molecule has 0 unspecified atom stereocenters. The maximum Gasteiger partial charge on any atom is 0.227 e. The number of aromatic nitrogens is 2. The second-order valence-corrected chi connectivity index (χ2v) is 7.82. The molecule has 0 radical (unpaired) electrons. The van der Waals surface area contributed by atoms with Crippen LogP contribution >= 0.6 is 0 Å². The molecule has 5 aromatic rings. The Balaban J connectivity index is 2.02. The third-order valence-corrected chi connectivity index (χ3v) is 5.77. The van der Waals surface area contributed by atoms with Crippen molar-refractivity contribution < 1.29 is 8.98 Å². The van der Waals surface area contributed by atoms with Gasteiger partial charge in [0, 0.05) is 29.1 Å². The molecule has 0 atom stereocenters. The SMILES string of the molecule is Cc1c(-c2cc(C(C)C)cc[n+]2C)c2oc3ncccc3c2c2ccccc12. The molecule has 0 aliphatic rings. The van der Waals surface area contributed by atoms with E-state index in [0.717, 1.165) is 21.9 Å². The standard InChI is InChI=1S/C25H23N2O/c1-15(2)17-11-13-27(4)21(14-17)22-16(3)18-8-5-6-9-19(18)23-20-10-7-12-26-25(20)28-24(22)23/h5-15H,1-4H3/q+1. The smallest absolute Gasteiger partial charge is 0.227 e. The van der Waals surface area contributed by atoms with Gasteiger partial charge in [0.1, 0.15) is 7.05 Å². The van der Waals surface area contributed by atoms with Crippen LogP contribution in [0, 0.1) is 6.92 Å². The molecule has 0 amide bonds. The molecule has 3 aromatic heterocycles. The van der Waals surface area contributed by atoms with Gasteiger partial charge in [0.15, 0.2) is 11.8 Å². The monoisotopic (exact) mass is 367 g/mol. The van der Waals surface area contributed by atoms with Crippen LogP contribution in [0.3, 0.4) is 0 Å². The van der Waals surface area contributed by atoms with Crippen molar-refractivity contribution in [3.8, 4) is 11.3 Å². The number of benzene rings is 2. The van der Waals surface area contributed by atoms with Gasteiger partial charge in [0.05, 0.1) is 5.56 Å². The molecule has 0 aliphatic heterocycles. The Morgan fingerprint density at radius 3 is 2.50 bits per heavy atom. The van der Waals surface area contributed by atoms with Crippen LogP contribution in [-0.2, 0) is 7.05 Å². The van der Waals surface area contributed by atoms with Gasteiger partial charge in [-0.05, 0) is 46.9 Å². The lowest BCUT2D eigenvalue weighted by atomic mass is 9.92. The fourth-order valence-corrected chi connectivity index (χ4v) is 4.21. The minimum Gasteiger partial charge on any atom is -0.437 e. The van der Waals surface area contributed by atoms with E-state index < -0.39 is 0 Å². The molecule has 0 saturated heterocycles. The van der Waals surface area contributed by atoms with Gasteiger partial charge < -0.3 is 4.42 Å². The molecule has 0 fully saturated rings. The number of aryl methyl sites for hydroxylation is 2. The summed E-state index contributed by atoms with van der Waals surface area (Å²) in [7, 11) is 2.10. The second-order valence-electron chi connectivity index (χ2n) is 7.82. The largest absolute Gasteiger partial charge is 0.437 e. The summed E-state index contributed by atoms with van der Waals surface area (Å²) < 4.78 is 8.54. The van der Waals surface area contributed by atoms with Crippen LogP contribution in [0.1, 0.15) is 30.9 Å². The third kappa shape index (κ3) is 2.36. The number of fused-ring (bicyclic) bond motifs is 5. The van der Waals surface area contributed by atoms with Crippen LogP contribution in [0.15, 0.2) is 65.3 Å². The Morgan fingerprint density at radius 2 is 1.71 bits per heavy atom. The summed E-state index contributed by atoms with van der Waals surface area (Å²) in [5.74, 6) is 0.466. The van der Waals surface area contributed by atoms with Gasteiger partial charge in [-0.15, -0.1) is 0 Å². The van der Waals surface area contributed by atoms with E-state index in [1.807, 2.05) is 6.07 Å². The average molecular weight is 367 g/mol. The Kier molecular flexibility index (Phi) is 3.73. The van der Waals surface area contributed by atoms with Crippen molar-refractivity contribution in [3.63, 3.8) is 0 Å². The lowest BCUT2D eigenvalue weighted by molar-refractivity contribution is -0.660. The predicted molar refractivity (Wildman–Crippen MR) is 114 cm³/mol. The summed E-state index contributed by atoms with van der Waals surface area (Å²) in [6.45, 7) is 6.65. The van der Waals surface area contributed by atoms with Crippen LogP contribution in [0.5, 0.6) is 0 Å². The summed E-state index contributed by atoms with van der Waals surface area (Å²) in [6.07, 6.45) is 3.94. The molecule has 3 nitrogen and oxygen atoms in total. The van der Waals surface area contributed by atoms with Gasteiger partial charge in [0.25, 0.3) is 0 Å². The summed E-state index contributed by atoms with van der Waals surface area (Å²) in [5, 5.41) is 4.69. The van der Waals surface area contributed by atoms with E-state index in [4.69, 9.17) is 4.42 Å². The quantitative estimate of drug-likeness (QED) is 0.355. The van der Waals surface area contributed by atoms with E-state index >= 15 is 0 Å². The van der Waals surface area contributed by atoms with Crippen molar-refractivity contribution >= 4 is 32.8 Å². The first kappa shape index (κ1) is 16.9. The Hall–Kier alpha value is -3.20. The van der Waals surface area contributed by atoms with Crippen LogP contribution < -0.4 is 4.57 Å². The Morgan fingerprint density at radius 1 is 0.964 bits per heavy atom. The highest BCUT2D eigenvalue weighted by Gasteiger charge is 2.24. The first-order chi connectivity index (χ1) is 13.6. The normalized spacial score (nSPS) is 11.9. The van der Waals surface area contributed by atoms with Crippen LogP contribution in [-0.4, -0.2) is 4.98 Å². The topological polar surface area (TPSA) is 29.9 Å². The van der Waals surface area contributed by atoms with Gasteiger partial charge in [-0.3, -0.25) is 0 Å². The zero-order valence-corrected chi connectivity index (χ0v) is 16.7. The fraction of sp³-hybridized carbons (Fsp3) is 0.200. The predicted octanol–water partition coefficient (Wildman–Crippen LogP) is 6.06. The van der Waals surface area contributed by atoms with E-state index in [1.54, 1.807) is 6.20 Å². The van der Waals surface area contributed by atoms with E-state index in [0.29, 0.717) is 11.6 Å². The minimum atomic E-state index is 0.466. The molecule has 2 aromatic carbocycles. The van der Waals surface area contributed by atoms with E-state index in [2.05, 4.69) is 86.0 Å². The van der Waals surface area contributed by atoms with Crippen molar-refractivity contribution in [2.45, 2.75) is 26.7 Å². The van der Waals surface area contributed by atoms with E-state index in [9.17, 15) is 0 Å². The lowest BCUT2D eigenvalue weighted by Gasteiger charge is -2.12. The molecule has 0 spiro atoms. The molecular formula is C25H23N2O+. The van der Waals surface area contributed by atoms with Crippen LogP contribution in [0.25, 0.3) is 44.1 Å². The number of rotatable bonds is 2. The summed E-state index contributed by atoms with van der Waals surface area (Å²) >= 11 is 0. The van der Waals surface area contributed by atoms with Crippen molar-refractivity contribution in [2.75, 3.05) is 0 Å². The van der Waals surface area contributed by atoms with E-state index in [1.165, 1.54) is 27.6 Å².